The second kappa shape index (κ2) is 5.17. The van der Waals surface area contributed by atoms with Crippen molar-refractivity contribution in [3.63, 3.8) is 0 Å². The molecule has 1 fully saturated rings. The van der Waals surface area contributed by atoms with Crippen molar-refractivity contribution in [2.45, 2.75) is 45.6 Å². The molecule has 0 spiro atoms. The fraction of sp³-hybridized carbons (Fsp3) is 0.615. The van der Waals surface area contributed by atoms with Gasteiger partial charge in [0.1, 0.15) is 6.10 Å². The number of hydrogen-bond acceptors (Lipinski definition) is 2. The van der Waals surface area contributed by atoms with Gasteiger partial charge in [-0.25, -0.2) is 4.98 Å². The normalized spacial score (nSPS) is 25.4. The molecule has 0 atom stereocenters. The van der Waals surface area contributed by atoms with Crippen LogP contribution in [-0.2, 0) is 0 Å². The molecule has 1 heterocycles. The zero-order chi connectivity index (χ0) is 11.5. The van der Waals surface area contributed by atoms with Gasteiger partial charge in [0, 0.05) is 16.7 Å². The molecule has 1 saturated carbocycles. The SMILES string of the molecule is Cc1cc(OC2CCC(C)CC2)ncc1Br. The molecule has 0 radical (unpaired) electrons. The van der Waals surface area contributed by atoms with Crippen LogP contribution in [0.3, 0.4) is 0 Å². The van der Waals surface area contributed by atoms with Gasteiger partial charge in [0.05, 0.1) is 0 Å². The van der Waals surface area contributed by atoms with Crippen molar-refractivity contribution >= 4 is 15.9 Å². The van der Waals surface area contributed by atoms with Crippen LogP contribution in [0.2, 0.25) is 0 Å². The molecule has 0 saturated heterocycles. The number of aromatic nitrogens is 1. The second-order valence-corrected chi connectivity index (χ2v) is 5.63. The molecule has 3 heteroatoms. The predicted octanol–water partition coefficient (Wildman–Crippen LogP) is 4.11. The van der Waals surface area contributed by atoms with E-state index in [2.05, 4.69) is 34.8 Å². The van der Waals surface area contributed by atoms with E-state index in [-0.39, 0.29) is 0 Å². The molecule has 0 aromatic carbocycles. The van der Waals surface area contributed by atoms with Crippen molar-refractivity contribution < 1.29 is 4.74 Å². The van der Waals surface area contributed by atoms with E-state index < -0.39 is 0 Å². The highest BCUT2D eigenvalue weighted by Gasteiger charge is 2.19. The maximum absolute atomic E-state index is 5.91. The predicted molar refractivity (Wildman–Crippen MR) is 68.7 cm³/mol. The van der Waals surface area contributed by atoms with Crippen LogP contribution in [0.1, 0.15) is 38.2 Å². The highest BCUT2D eigenvalue weighted by molar-refractivity contribution is 9.10. The van der Waals surface area contributed by atoms with E-state index >= 15 is 0 Å². The maximum atomic E-state index is 5.91. The minimum Gasteiger partial charge on any atom is -0.474 e. The molecule has 1 aromatic heterocycles. The summed E-state index contributed by atoms with van der Waals surface area (Å²) in [6.45, 7) is 4.37. The summed E-state index contributed by atoms with van der Waals surface area (Å²) in [4.78, 5) is 4.28. The lowest BCUT2D eigenvalue weighted by atomic mass is 9.89. The van der Waals surface area contributed by atoms with Gasteiger partial charge in [-0.1, -0.05) is 6.92 Å². The van der Waals surface area contributed by atoms with E-state index in [0.29, 0.717) is 6.10 Å². The number of hydrogen-bond donors (Lipinski definition) is 0. The monoisotopic (exact) mass is 283 g/mol. The van der Waals surface area contributed by atoms with Gasteiger partial charge in [-0.2, -0.15) is 0 Å². The first kappa shape index (κ1) is 11.9. The van der Waals surface area contributed by atoms with Gasteiger partial charge in [-0.3, -0.25) is 0 Å². The zero-order valence-corrected chi connectivity index (χ0v) is 11.5. The van der Waals surface area contributed by atoms with Gasteiger partial charge in [-0.15, -0.1) is 0 Å². The first-order chi connectivity index (χ1) is 7.65. The number of halogens is 1. The van der Waals surface area contributed by atoms with Crippen LogP contribution in [-0.4, -0.2) is 11.1 Å². The van der Waals surface area contributed by atoms with E-state index in [9.17, 15) is 0 Å². The van der Waals surface area contributed by atoms with Crippen LogP contribution in [0.25, 0.3) is 0 Å². The average molecular weight is 284 g/mol. The van der Waals surface area contributed by atoms with Gasteiger partial charge < -0.3 is 4.74 Å². The summed E-state index contributed by atoms with van der Waals surface area (Å²) in [5, 5.41) is 0. The first-order valence-electron chi connectivity index (χ1n) is 5.94. The van der Waals surface area contributed by atoms with Gasteiger partial charge in [-0.05, 0) is 60.0 Å². The van der Waals surface area contributed by atoms with Crippen molar-refractivity contribution in [2.75, 3.05) is 0 Å². The third-order valence-electron chi connectivity index (χ3n) is 3.27. The molecule has 1 aliphatic carbocycles. The molecule has 1 aliphatic rings. The van der Waals surface area contributed by atoms with Crippen LogP contribution in [0.15, 0.2) is 16.7 Å². The molecule has 0 amide bonds. The van der Waals surface area contributed by atoms with Crippen LogP contribution in [0.4, 0.5) is 0 Å². The van der Waals surface area contributed by atoms with Gasteiger partial charge in [0.25, 0.3) is 0 Å². The summed E-state index contributed by atoms with van der Waals surface area (Å²) in [7, 11) is 0. The fourth-order valence-corrected chi connectivity index (χ4v) is 2.31. The number of nitrogens with zero attached hydrogens (tertiary/aromatic N) is 1. The first-order valence-corrected chi connectivity index (χ1v) is 6.73. The summed E-state index contributed by atoms with van der Waals surface area (Å²) in [6, 6.07) is 2.00. The Balaban J connectivity index is 1.96. The lowest BCUT2D eigenvalue weighted by Gasteiger charge is -2.26. The Morgan fingerprint density at radius 2 is 2.00 bits per heavy atom. The van der Waals surface area contributed by atoms with E-state index in [1.54, 1.807) is 0 Å². The summed E-state index contributed by atoms with van der Waals surface area (Å²) >= 11 is 3.44. The molecule has 1 aromatic rings. The van der Waals surface area contributed by atoms with Crippen LogP contribution in [0.5, 0.6) is 5.88 Å². The fourth-order valence-electron chi connectivity index (χ4n) is 2.10. The second-order valence-electron chi connectivity index (χ2n) is 4.77. The van der Waals surface area contributed by atoms with Crippen molar-refractivity contribution in [1.82, 2.24) is 4.98 Å². The summed E-state index contributed by atoms with van der Waals surface area (Å²) in [6.07, 6.45) is 7.07. The molecule has 0 unspecified atom stereocenters. The molecule has 16 heavy (non-hydrogen) atoms. The number of aryl methyl sites for hydroxylation is 1. The molecule has 0 bridgehead atoms. The summed E-state index contributed by atoms with van der Waals surface area (Å²) in [5.41, 5.74) is 1.18. The molecule has 0 N–H and O–H groups in total. The van der Waals surface area contributed by atoms with Crippen LogP contribution < -0.4 is 4.74 Å². The van der Waals surface area contributed by atoms with Crippen molar-refractivity contribution in [2.24, 2.45) is 5.92 Å². The lowest BCUT2D eigenvalue weighted by molar-refractivity contribution is 0.130. The largest absolute Gasteiger partial charge is 0.474 e. The molecule has 88 valence electrons. The van der Waals surface area contributed by atoms with E-state index in [0.717, 1.165) is 29.1 Å². The number of pyridine rings is 1. The molecular formula is C13H18BrNO. The Hall–Kier alpha value is -0.570. The molecular weight excluding hydrogens is 266 g/mol. The average Bonchev–Trinajstić information content (AvgIpc) is 2.27. The Morgan fingerprint density at radius 1 is 1.31 bits per heavy atom. The summed E-state index contributed by atoms with van der Waals surface area (Å²) < 4.78 is 6.95. The quantitative estimate of drug-likeness (QED) is 0.815. The molecule has 2 nitrogen and oxygen atoms in total. The Morgan fingerprint density at radius 3 is 2.62 bits per heavy atom. The minimum atomic E-state index is 0.365. The van der Waals surface area contributed by atoms with E-state index in [1.807, 2.05) is 12.3 Å². The van der Waals surface area contributed by atoms with Crippen molar-refractivity contribution in [1.29, 1.82) is 0 Å². The van der Waals surface area contributed by atoms with Crippen molar-refractivity contribution in [3.05, 3.63) is 22.3 Å². The topological polar surface area (TPSA) is 22.1 Å². The maximum Gasteiger partial charge on any atom is 0.213 e. The third-order valence-corrected chi connectivity index (χ3v) is 4.10. The Kier molecular flexibility index (Phi) is 3.85. The summed E-state index contributed by atoms with van der Waals surface area (Å²) in [5.74, 6) is 1.62. The van der Waals surface area contributed by atoms with Crippen molar-refractivity contribution in [3.8, 4) is 5.88 Å². The van der Waals surface area contributed by atoms with Gasteiger partial charge in [0.15, 0.2) is 0 Å². The highest BCUT2D eigenvalue weighted by Crippen LogP contribution is 2.27. The van der Waals surface area contributed by atoms with Gasteiger partial charge >= 0.3 is 0 Å². The number of rotatable bonds is 2. The lowest BCUT2D eigenvalue weighted by Crippen LogP contribution is -2.23. The van der Waals surface area contributed by atoms with E-state index in [1.165, 1.54) is 18.4 Å². The Bertz CT molecular complexity index is 359. The molecule has 2 rings (SSSR count). The standard InChI is InChI=1S/C13H18BrNO/c1-9-3-5-11(6-4-9)16-13-7-10(2)12(14)8-15-13/h7-9,11H,3-6H2,1-2H3. The minimum absolute atomic E-state index is 0.365. The highest BCUT2D eigenvalue weighted by atomic mass is 79.9. The van der Waals surface area contributed by atoms with Crippen LogP contribution in [0, 0.1) is 12.8 Å². The smallest absolute Gasteiger partial charge is 0.213 e. The Labute approximate surface area is 106 Å². The zero-order valence-electron chi connectivity index (χ0n) is 9.87. The number of ether oxygens (including phenoxy) is 1. The third kappa shape index (κ3) is 2.97. The van der Waals surface area contributed by atoms with Crippen LogP contribution >= 0.6 is 15.9 Å². The van der Waals surface area contributed by atoms with Gasteiger partial charge in [0.2, 0.25) is 5.88 Å². The molecule has 0 aliphatic heterocycles. The van der Waals surface area contributed by atoms with E-state index in [4.69, 9.17) is 4.74 Å².